The molecule has 1 aliphatic rings. The highest BCUT2D eigenvalue weighted by Gasteiger charge is 2.45. The molecule has 1 aliphatic heterocycles. The van der Waals surface area contributed by atoms with Gasteiger partial charge in [0.1, 0.15) is 6.54 Å². The molecule has 1 aromatic rings. The van der Waals surface area contributed by atoms with Crippen molar-refractivity contribution in [2.24, 2.45) is 5.92 Å². The predicted octanol–water partition coefficient (Wildman–Crippen LogP) is 1.24. The number of aryl methyl sites for hydroxylation is 1. The minimum Gasteiger partial charge on any atom is -0.480 e. The average molecular weight is 390 g/mol. The molecular weight excluding hydrogens is 369 g/mol. The second-order valence-electron chi connectivity index (χ2n) is 6.69. The zero-order valence-electron chi connectivity index (χ0n) is 14.9. The standard InChI is InChI=1S/C16H21F3N4O4/c1-9-3-4-22(15(27)16(17,18)19)11(5-9)7-21-13-14(26)23(8-12(24)25)10(2)6-20-13/h6,9,11H,3-5,7-8H2,1-2H3,(H,20,21)(H,24,25)/t9?,11-/m1/s1. The number of hydrogen-bond donors (Lipinski definition) is 2. The van der Waals surface area contributed by atoms with E-state index in [-0.39, 0.29) is 24.8 Å². The Morgan fingerprint density at radius 3 is 2.67 bits per heavy atom. The van der Waals surface area contributed by atoms with E-state index < -0.39 is 36.2 Å². The molecule has 1 amide bonds. The van der Waals surface area contributed by atoms with Gasteiger partial charge in [0.15, 0.2) is 5.82 Å². The number of nitrogens with zero attached hydrogens (tertiary/aromatic N) is 3. The van der Waals surface area contributed by atoms with Gasteiger partial charge in [0.05, 0.1) is 0 Å². The number of carbonyl (C=O) groups is 2. The van der Waals surface area contributed by atoms with E-state index in [0.717, 1.165) is 9.47 Å². The minimum atomic E-state index is -4.96. The summed E-state index contributed by atoms with van der Waals surface area (Å²) < 4.78 is 39.5. The molecule has 11 heteroatoms. The number of rotatable bonds is 5. The zero-order chi connectivity index (χ0) is 20.4. The van der Waals surface area contributed by atoms with Gasteiger partial charge in [-0.05, 0) is 25.7 Å². The molecule has 1 saturated heterocycles. The highest BCUT2D eigenvalue weighted by Crippen LogP contribution is 2.27. The summed E-state index contributed by atoms with van der Waals surface area (Å²) in [5.41, 5.74) is -0.344. The van der Waals surface area contributed by atoms with Crippen LogP contribution in [0.15, 0.2) is 11.0 Å². The van der Waals surface area contributed by atoms with Gasteiger partial charge < -0.3 is 15.3 Å². The lowest BCUT2D eigenvalue weighted by atomic mass is 9.92. The van der Waals surface area contributed by atoms with Crippen molar-refractivity contribution in [1.29, 1.82) is 0 Å². The van der Waals surface area contributed by atoms with Crippen LogP contribution in [0.2, 0.25) is 0 Å². The molecule has 0 aliphatic carbocycles. The average Bonchev–Trinajstić information content (AvgIpc) is 2.56. The number of aliphatic carboxylic acids is 1. The maximum Gasteiger partial charge on any atom is 0.471 e. The third kappa shape index (κ3) is 4.98. The van der Waals surface area contributed by atoms with E-state index in [0.29, 0.717) is 18.5 Å². The number of amides is 1. The summed E-state index contributed by atoms with van der Waals surface area (Å²) in [7, 11) is 0. The Hall–Kier alpha value is -2.59. The highest BCUT2D eigenvalue weighted by molar-refractivity contribution is 5.82. The maximum atomic E-state index is 12.8. The molecule has 0 spiro atoms. The first-order chi connectivity index (χ1) is 12.5. The molecule has 2 atom stereocenters. The largest absolute Gasteiger partial charge is 0.480 e. The number of nitrogens with one attached hydrogen (secondary N) is 1. The summed E-state index contributed by atoms with van der Waals surface area (Å²) >= 11 is 0. The van der Waals surface area contributed by atoms with E-state index in [2.05, 4.69) is 10.3 Å². The lowest BCUT2D eigenvalue weighted by molar-refractivity contribution is -0.189. The zero-order valence-corrected chi connectivity index (χ0v) is 14.9. The fourth-order valence-corrected chi connectivity index (χ4v) is 3.11. The third-order valence-corrected chi connectivity index (χ3v) is 4.53. The summed E-state index contributed by atoms with van der Waals surface area (Å²) in [6, 6.07) is -0.752. The highest BCUT2D eigenvalue weighted by atomic mass is 19.4. The lowest BCUT2D eigenvalue weighted by Gasteiger charge is -2.38. The van der Waals surface area contributed by atoms with Crippen LogP contribution in [0.1, 0.15) is 25.5 Å². The summed E-state index contributed by atoms with van der Waals surface area (Å²) in [6.45, 7) is 2.74. The molecule has 2 N–H and O–H groups in total. The minimum absolute atomic E-state index is 0.0174. The molecule has 27 heavy (non-hydrogen) atoms. The van der Waals surface area contributed by atoms with Gasteiger partial charge in [0, 0.05) is 31.0 Å². The first kappa shape index (κ1) is 20.7. The summed E-state index contributed by atoms with van der Waals surface area (Å²) in [5.74, 6) is -3.15. The van der Waals surface area contributed by atoms with Crippen molar-refractivity contribution in [2.75, 3.05) is 18.4 Å². The molecule has 1 aromatic heterocycles. The number of aromatic nitrogens is 2. The van der Waals surface area contributed by atoms with Crippen LogP contribution in [0.4, 0.5) is 19.0 Å². The number of likely N-dealkylation sites (tertiary alicyclic amines) is 1. The van der Waals surface area contributed by atoms with E-state index in [1.807, 2.05) is 6.92 Å². The molecule has 1 unspecified atom stereocenters. The molecule has 0 saturated carbocycles. The number of carbonyl (C=O) groups excluding carboxylic acids is 1. The summed E-state index contributed by atoms with van der Waals surface area (Å²) in [5, 5.41) is 11.6. The Morgan fingerprint density at radius 1 is 1.41 bits per heavy atom. The van der Waals surface area contributed by atoms with E-state index in [1.54, 1.807) is 0 Å². The molecule has 0 radical (unpaired) electrons. The molecular formula is C16H21F3N4O4. The molecule has 2 rings (SSSR count). The Balaban J connectivity index is 2.19. The van der Waals surface area contributed by atoms with Crippen LogP contribution < -0.4 is 10.9 Å². The normalized spacial score (nSPS) is 20.4. The van der Waals surface area contributed by atoms with Crippen molar-refractivity contribution in [3.63, 3.8) is 0 Å². The van der Waals surface area contributed by atoms with Gasteiger partial charge in [-0.1, -0.05) is 6.92 Å². The summed E-state index contributed by atoms with van der Waals surface area (Å²) in [6.07, 6.45) is -2.85. The monoisotopic (exact) mass is 390 g/mol. The van der Waals surface area contributed by atoms with Crippen LogP contribution in [0.3, 0.4) is 0 Å². The number of anilines is 1. The van der Waals surface area contributed by atoms with Crippen molar-refractivity contribution in [3.8, 4) is 0 Å². The Bertz CT molecular complexity index is 778. The first-order valence-corrected chi connectivity index (χ1v) is 8.40. The van der Waals surface area contributed by atoms with Gasteiger partial charge in [-0.3, -0.25) is 19.0 Å². The quantitative estimate of drug-likeness (QED) is 0.784. The number of halogens is 3. The van der Waals surface area contributed by atoms with E-state index in [4.69, 9.17) is 5.11 Å². The van der Waals surface area contributed by atoms with Crippen molar-refractivity contribution in [1.82, 2.24) is 14.5 Å². The van der Waals surface area contributed by atoms with Crippen molar-refractivity contribution < 1.29 is 27.9 Å². The van der Waals surface area contributed by atoms with Crippen LogP contribution in [0, 0.1) is 12.8 Å². The van der Waals surface area contributed by atoms with Crippen LogP contribution in [0.25, 0.3) is 0 Å². The van der Waals surface area contributed by atoms with E-state index in [1.165, 1.54) is 13.1 Å². The SMILES string of the molecule is Cc1cnc(NC[C@H]2CC(C)CCN2C(=O)C(F)(F)F)c(=O)n1CC(=O)O. The Morgan fingerprint density at radius 2 is 2.07 bits per heavy atom. The number of alkyl halides is 3. The van der Waals surface area contributed by atoms with Gasteiger partial charge in [0.2, 0.25) is 0 Å². The maximum absolute atomic E-state index is 12.8. The number of carboxylic acids is 1. The van der Waals surface area contributed by atoms with Crippen molar-refractivity contribution in [2.45, 2.75) is 45.5 Å². The number of hydrogen-bond acceptors (Lipinski definition) is 5. The van der Waals surface area contributed by atoms with Gasteiger partial charge in [-0.2, -0.15) is 13.2 Å². The van der Waals surface area contributed by atoms with Gasteiger partial charge in [0.25, 0.3) is 5.56 Å². The molecule has 150 valence electrons. The predicted molar refractivity (Wildman–Crippen MR) is 89.3 cm³/mol. The van der Waals surface area contributed by atoms with Crippen molar-refractivity contribution >= 4 is 17.7 Å². The number of piperidine rings is 1. The van der Waals surface area contributed by atoms with Crippen LogP contribution in [-0.2, 0) is 16.1 Å². The fraction of sp³-hybridized carbons (Fsp3) is 0.625. The van der Waals surface area contributed by atoms with E-state index >= 15 is 0 Å². The molecule has 0 bridgehead atoms. The van der Waals surface area contributed by atoms with Gasteiger partial charge >= 0.3 is 18.1 Å². The summed E-state index contributed by atoms with van der Waals surface area (Å²) in [4.78, 5) is 39.6. The second kappa shape index (κ2) is 7.97. The second-order valence-corrected chi connectivity index (χ2v) is 6.69. The van der Waals surface area contributed by atoms with E-state index in [9.17, 15) is 27.6 Å². The molecule has 8 nitrogen and oxygen atoms in total. The Kier molecular flexibility index (Phi) is 6.11. The molecule has 2 heterocycles. The topological polar surface area (TPSA) is 105 Å². The number of carboxylic acid groups (broad SMARTS) is 1. The van der Waals surface area contributed by atoms with Crippen molar-refractivity contribution in [3.05, 3.63) is 22.2 Å². The van der Waals surface area contributed by atoms with Crippen LogP contribution >= 0.6 is 0 Å². The third-order valence-electron chi connectivity index (χ3n) is 4.53. The van der Waals surface area contributed by atoms with Gasteiger partial charge in [-0.15, -0.1) is 0 Å². The lowest BCUT2D eigenvalue weighted by Crippen LogP contribution is -2.53. The Labute approximate surface area is 153 Å². The molecule has 1 fully saturated rings. The first-order valence-electron chi connectivity index (χ1n) is 8.40. The smallest absolute Gasteiger partial charge is 0.471 e. The van der Waals surface area contributed by atoms with Crippen LogP contribution in [0.5, 0.6) is 0 Å². The molecule has 0 aromatic carbocycles. The van der Waals surface area contributed by atoms with Crippen LogP contribution in [-0.4, -0.2) is 56.7 Å². The fourth-order valence-electron chi connectivity index (χ4n) is 3.11. The van der Waals surface area contributed by atoms with Gasteiger partial charge in [-0.25, -0.2) is 4.98 Å².